The van der Waals surface area contributed by atoms with Crippen LogP contribution in [0, 0.1) is 5.82 Å². The Labute approximate surface area is 109 Å². The van der Waals surface area contributed by atoms with Crippen LogP contribution in [0.1, 0.15) is 24.8 Å². The molecule has 0 bridgehead atoms. The quantitative estimate of drug-likeness (QED) is 0.765. The van der Waals surface area contributed by atoms with Crippen LogP contribution in [0.5, 0.6) is 0 Å². The molecular weight excluding hydrogens is 285 g/mol. The Bertz CT molecular complexity index is 389. The maximum atomic E-state index is 12.8. The van der Waals surface area contributed by atoms with Gasteiger partial charge in [0.2, 0.25) is 5.91 Å². The van der Waals surface area contributed by atoms with Crippen molar-refractivity contribution >= 4 is 21.8 Å². The summed E-state index contributed by atoms with van der Waals surface area (Å²) in [6.45, 7) is 0.594. The molecule has 4 heteroatoms. The highest BCUT2D eigenvalue weighted by atomic mass is 79.9. The van der Waals surface area contributed by atoms with Crippen molar-refractivity contribution in [2.45, 2.75) is 31.8 Å². The summed E-state index contributed by atoms with van der Waals surface area (Å²) in [4.78, 5) is 13.8. The zero-order valence-electron chi connectivity index (χ0n) is 9.53. The van der Waals surface area contributed by atoms with Crippen LogP contribution >= 0.6 is 15.9 Å². The van der Waals surface area contributed by atoms with Crippen molar-refractivity contribution in [1.82, 2.24) is 4.90 Å². The number of halogens is 2. The number of benzene rings is 1. The van der Waals surface area contributed by atoms with Gasteiger partial charge in [-0.25, -0.2) is 4.39 Å². The molecule has 17 heavy (non-hydrogen) atoms. The molecule has 1 fully saturated rings. The fourth-order valence-electron chi connectivity index (χ4n) is 1.82. The van der Waals surface area contributed by atoms with Gasteiger partial charge in [0, 0.05) is 24.3 Å². The van der Waals surface area contributed by atoms with Gasteiger partial charge in [0.15, 0.2) is 0 Å². The molecule has 2 rings (SSSR count). The molecule has 1 aromatic rings. The number of nitrogens with zero attached hydrogens (tertiary/aromatic N) is 1. The van der Waals surface area contributed by atoms with E-state index in [1.807, 2.05) is 4.90 Å². The minimum absolute atomic E-state index is 0.175. The molecule has 2 nitrogen and oxygen atoms in total. The normalized spacial score (nSPS) is 14.7. The van der Waals surface area contributed by atoms with E-state index in [0.29, 0.717) is 24.3 Å². The van der Waals surface area contributed by atoms with Gasteiger partial charge in [-0.1, -0.05) is 28.1 Å². The van der Waals surface area contributed by atoms with E-state index in [1.165, 1.54) is 12.1 Å². The minimum atomic E-state index is -0.237. The van der Waals surface area contributed by atoms with E-state index in [1.54, 1.807) is 12.1 Å². The van der Waals surface area contributed by atoms with E-state index in [4.69, 9.17) is 0 Å². The molecule has 1 aliphatic carbocycles. The first kappa shape index (κ1) is 12.6. The van der Waals surface area contributed by atoms with Crippen LogP contribution in [0.4, 0.5) is 4.39 Å². The Morgan fingerprint density at radius 3 is 2.53 bits per heavy atom. The maximum Gasteiger partial charge on any atom is 0.223 e. The Hall–Kier alpha value is -0.900. The second-order valence-electron chi connectivity index (χ2n) is 4.32. The standard InChI is InChI=1S/C13H15BrFNO/c14-8-7-13(17)16(12-5-6-12)9-10-1-3-11(15)4-2-10/h1-4,12H,5-9H2. The van der Waals surface area contributed by atoms with E-state index in [2.05, 4.69) is 15.9 Å². The highest BCUT2D eigenvalue weighted by Crippen LogP contribution is 2.29. The van der Waals surface area contributed by atoms with E-state index in [-0.39, 0.29) is 11.7 Å². The van der Waals surface area contributed by atoms with E-state index in [0.717, 1.165) is 18.4 Å². The summed E-state index contributed by atoms with van der Waals surface area (Å²) in [6.07, 6.45) is 2.71. The summed E-state index contributed by atoms with van der Waals surface area (Å²) in [5.74, 6) is -0.0628. The third-order valence-electron chi connectivity index (χ3n) is 2.88. The number of alkyl halides is 1. The first-order valence-corrected chi connectivity index (χ1v) is 6.92. The van der Waals surface area contributed by atoms with Crippen LogP contribution < -0.4 is 0 Å². The summed E-state index contributed by atoms with van der Waals surface area (Å²) in [5.41, 5.74) is 0.987. The molecule has 1 aromatic carbocycles. The van der Waals surface area contributed by atoms with Gasteiger partial charge in [0.25, 0.3) is 0 Å². The molecule has 0 aliphatic heterocycles. The van der Waals surface area contributed by atoms with Crippen LogP contribution in [0.3, 0.4) is 0 Å². The van der Waals surface area contributed by atoms with Crippen LogP contribution in [0.25, 0.3) is 0 Å². The van der Waals surface area contributed by atoms with Gasteiger partial charge < -0.3 is 4.90 Å². The van der Waals surface area contributed by atoms with Crippen molar-refractivity contribution in [1.29, 1.82) is 0 Å². The van der Waals surface area contributed by atoms with Crippen molar-refractivity contribution in [2.75, 3.05) is 5.33 Å². The summed E-state index contributed by atoms with van der Waals surface area (Å²) in [6, 6.07) is 6.76. The zero-order valence-corrected chi connectivity index (χ0v) is 11.1. The molecule has 0 unspecified atom stereocenters. The average Bonchev–Trinajstić information content (AvgIpc) is 3.12. The van der Waals surface area contributed by atoms with Crippen LogP contribution in [0.15, 0.2) is 24.3 Å². The lowest BCUT2D eigenvalue weighted by molar-refractivity contribution is -0.131. The minimum Gasteiger partial charge on any atom is -0.335 e. The van der Waals surface area contributed by atoms with Gasteiger partial charge in [0.05, 0.1) is 0 Å². The number of amides is 1. The van der Waals surface area contributed by atoms with Crippen LogP contribution in [-0.4, -0.2) is 22.2 Å². The largest absolute Gasteiger partial charge is 0.335 e. The highest BCUT2D eigenvalue weighted by Gasteiger charge is 2.31. The maximum absolute atomic E-state index is 12.8. The van der Waals surface area contributed by atoms with Gasteiger partial charge in [-0.15, -0.1) is 0 Å². The SMILES string of the molecule is O=C(CCBr)N(Cc1ccc(F)cc1)C1CC1. The number of carbonyl (C=O) groups is 1. The van der Waals surface area contributed by atoms with Crippen molar-refractivity contribution < 1.29 is 9.18 Å². The molecule has 92 valence electrons. The summed E-state index contributed by atoms with van der Waals surface area (Å²) < 4.78 is 12.8. The third-order valence-corrected chi connectivity index (χ3v) is 3.28. The Morgan fingerprint density at radius 2 is 2.00 bits per heavy atom. The van der Waals surface area contributed by atoms with Crippen molar-refractivity contribution in [3.63, 3.8) is 0 Å². The topological polar surface area (TPSA) is 20.3 Å². The molecule has 0 saturated heterocycles. The molecular formula is C13H15BrFNO. The molecule has 0 aromatic heterocycles. The molecule has 0 heterocycles. The molecule has 1 saturated carbocycles. The van der Waals surface area contributed by atoms with Gasteiger partial charge in [-0.3, -0.25) is 4.79 Å². The molecule has 0 atom stereocenters. The molecule has 1 amide bonds. The first-order valence-electron chi connectivity index (χ1n) is 5.80. The number of hydrogen-bond acceptors (Lipinski definition) is 1. The lowest BCUT2D eigenvalue weighted by Gasteiger charge is -2.22. The van der Waals surface area contributed by atoms with E-state index in [9.17, 15) is 9.18 Å². The van der Waals surface area contributed by atoms with Crippen LogP contribution in [0.2, 0.25) is 0 Å². The lowest BCUT2D eigenvalue weighted by atomic mass is 10.2. The summed E-state index contributed by atoms with van der Waals surface area (Å²) in [5, 5.41) is 0.693. The molecule has 1 aliphatic rings. The van der Waals surface area contributed by atoms with Gasteiger partial charge in [-0.05, 0) is 30.5 Å². The second kappa shape index (κ2) is 5.63. The Morgan fingerprint density at radius 1 is 1.35 bits per heavy atom. The zero-order chi connectivity index (χ0) is 12.3. The fraction of sp³-hybridized carbons (Fsp3) is 0.462. The second-order valence-corrected chi connectivity index (χ2v) is 5.11. The fourth-order valence-corrected chi connectivity index (χ4v) is 2.16. The van der Waals surface area contributed by atoms with Gasteiger partial charge in [0.1, 0.15) is 5.82 Å². The summed E-state index contributed by atoms with van der Waals surface area (Å²) >= 11 is 3.29. The van der Waals surface area contributed by atoms with Gasteiger partial charge >= 0.3 is 0 Å². The predicted molar refractivity (Wildman–Crippen MR) is 68.4 cm³/mol. The molecule has 0 N–H and O–H groups in total. The Kier molecular flexibility index (Phi) is 4.15. The van der Waals surface area contributed by atoms with Crippen LogP contribution in [-0.2, 0) is 11.3 Å². The monoisotopic (exact) mass is 299 g/mol. The van der Waals surface area contributed by atoms with Crippen molar-refractivity contribution in [3.8, 4) is 0 Å². The van der Waals surface area contributed by atoms with E-state index < -0.39 is 0 Å². The summed E-state index contributed by atoms with van der Waals surface area (Å²) in [7, 11) is 0. The number of rotatable bonds is 5. The third kappa shape index (κ3) is 3.53. The van der Waals surface area contributed by atoms with Gasteiger partial charge in [-0.2, -0.15) is 0 Å². The number of carbonyl (C=O) groups excluding carboxylic acids is 1. The van der Waals surface area contributed by atoms with Crippen molar-refractivity contribution in [2.24, 2.45) is 0 Å². The molecule has 0 spiro atoms. The Balaban J connectivity index is 2.02. The molecule has 0 radical (unpaired) electrons. The average molecular weight is 300 g/mol. The smallest absolute Gasteiger partial charge is 0.223 e. The first-order chi connectivity index (χ1) is 8.20. The highest BCUT2D eigenvalue weighted by molar-refractivity contribution is 9.09. The number of hydrogen-bond donors (Lipinski definition) is 0. The lowest BCUT2D eigenvalue weighted by Crippen LogP contribution is -2.32. The van der Waals surface area contributed by atoms with E-state index >= 15 is 0 Å². The predicted octanol–water partition coefficient (Wildman–Crippen LogP) is 3.10. The van der Waals surface area contributed by atoms with Crippen molar-refractivity contribution in [3.05, 3.63) is 35.6 Å².